The maximum atomic E-state index is 13.0. The monoisotopic (exact) mass is 516 g/mol. The minimum Gasteiger partial charge on any atom is -0.462 e. The van der Waals surface area contributed by atoms with E-state index < -0.39 is 24.5 Å². The molecule has 0 fully saturated rings. The Morgan fingerprint density at radius 1 is 0.892 bits per heavy atom. The minimum absolute atomic E-state index is 0.236. The summed E-state index contributed by atoms with van der Waals surface area (Å²) in [5.41, 5.74) is 3.13. The van der Waals surface area contributed by atoms with Crippen molar-refractivity contribution in [2.45, 2.75) is 13.8 Å². The maximum Gasteiger partial charge on any atom is 0.339 e. The molecule has 0 spiro atoms. The lowest BCUT2D eigenvalue weighted by Crippen LogP contribution is -2.21. The average molecular weight is 517 g/mol. The molecule has 0 saturated heterocycles. The molecule has 3 aromatic carbocycles. The van der Waals surface area contributed by atoms with Gasteiger partial charge in [-0.25, -0.2) is 14.6 Å². The van der Waals surface area contributed by atoms with E-state index >= 15 is 0 Å². The first-order valence-electron chi connectivity index (χ1n) is 11.7. The Kier molecular flexibility index (Phi) is 8.15. The van der Waals surface area contributed by atoms with Crippen molar-refractivity contribution in [3.05, 3.63) is 95.0 Å². The topological polar surface area (TPSA) is 94.6 Å². The first kappa shape index (κ1) is 25.9. The molecule has 1 amide bonds. The summed E-state index contributed by atoms with van der Waals surface area (Å²) in [6, 6.07) is 22.3. The quantitative estimate of drug-likeness (QED) is 0.282. The van der Waals surface area contributed by atoms with Crippen LogP contribution in [0.4, 0.5) is 5.69 Å². The fourth-order valence-corrected chi connectivity index (χ4v) is 3.66. The van der Waals surface area contributed by atoms with Gasteiger partial charge in [0, 0.05) is 21.7 Å². The lowest BCUT2D eigenvalue weighted by Gasteiger charge is -2.11. The van der Waals surface area contributed by atoms with Gasteiger partial charge in [0.25, 0.3) is 5.91 Å². The fourth-order valence-electron chi connectivity index (χ4n) is 3.53. The third-order valence-corrected chi connectivity index (χ3v) is 5.61. The number of amides is 1. The molecule has 8 heteroatoms. The number of pyridine rings is 1. The number of rotatable bonds is 8. The molecule has 4 aromatic rings. The van der Waals surface area contributed by atoms with Gasteiger partial charge in [0.2, 0.25) is 0 Å². The van der Waals surface area contributed by atoms with Crippen LogP contribution in [0, 0.1) is 5.92 Å². The Labute approximate surface area is 219 Å². The van der Waals surface area contributed by atoms with Gasteiger partial charge in [0.05, 0.1) is 28.9 Å². The lowest BCUT2D eigenvalue weighted by molar-refractivity contribution is -0.119. The van der Waals surface area contributed by atoms with Crippen LogP contribution in [0.5, 0.6) is 0 Å². The van der Waals surface area contributed by atoms with E-state index in [2.05, 4.69) is 10.3 Å². The maximum absolute atomic E-state index is 13.0. The summed E-state index contributed by atoms with van der Waals surface area (Å²) in [5, 5.41) is 3.86. The number of anilines is 1. The highest BCUT2D eigenvalue weighted by Crippen LogP contribution is 2.26. The van der Waals surface area contributed by atoms with E-state index in [-0.39, 0.29) is 5.92 Å². The van der Waals surface area contributed by atoms with Crippen molar-refractivity contribution in [3.63, 3.8) is 0 Å². The molecule has 1 N–H and O–H groups in total. The van der Waals surface area contributed by atoms with Crippen molar-refractivity contribution in [1.82, 2.24) is 4.98 Å². The fraction of sp³-hybridized carbons (Fsp3) is 0.172. The number of ether oxygens (including phenoxy) is 2. The smallest absolute Gasteiger partial charge is 0.339 e. The Morgan fingerprint density at radius 2 is 1.59 bits per heavy atom. The molecule has 4 rings (SSSR count). The summed E-state index contributed by atoms with van der Waals surface area (Å²) in [6.45, 7) is 3.75. The predicted octanol–water partition coefficient (Wildman–Crippen LogP) is 6.16. The highest BCUT2D eigenvalue weighted by atomic mass is 35.5. The molecule has 37 heavy (non-hydrogen) atoms. The molecule has 0 atom stereocenters. The largest absolute Gasteiger partial charge is 0.462 e. The number of aromatic nitrogens is 1. The van der Waals surface area contributed by atoms with Crippen LogP contribution in [0.3, 0.4) is 0 Å². The van der Waals surface area contributed by atoms with Gasteiger partial charge in [0.1, 0.15) is 0 Å². The summed E-state index contributed by atoms with van der Waals surface area (Å²) in [7, 11) is 0. The van der Waals surface area contributed by atoms with Crippen LogP contribution < -0.4 is 5.32 Å². The third-order valence-electron chi connectivity index (χ3n) is 5.36. The summed E-state index contributed by atoms with van der Waals surface area (Å²) in [6.07, 6.45) is 0. The zero-order valence-electron chi connectivity index (χ0n) is 20.4. The standard InChI is InChI=1S/C29H25ClN2O5/c1-18(2)16-36-28(34)20-9-13-22(14-10-20)31-27(33)17-37-29(35)24-15-26(19-7-11-21(30)12-8-19)32-25-6-4-3-5-23(24)25/h3-15,18H,16-17H2,1-2H3,(H,31,33). The summed E-state index contributed by atoms with van der Waals surface area (Å²) in [5.74, 6) is -1.35. The number of benzene rings is 3. The molecule has 0 saturated carbocycles. The van der Waals surface area contributed by atoms with Crippen molar-refractivity contribution < 1.29 is 23.9 Å². The van der Waals surface area contributed by atoms with Crippen LogP contribution in [0.15, 0.2) is 78.9 Å². The zero-order chi connectivity index (χ0) is 26.4. The second kappa shape index (κ2) is 11.7. The van der Waals surface area contributed by atoms with Crippen LogP contribution in [-0.4, -0.2) is 36.0 Å². The van der Waals surface area contributed by atoms with Crippen LogP contribution in [0.2, 0.25) is 5.02 Å². The molecule has 0 aliphatic rings. The normalized spacial score (nSPS) is 10.8. The highest BCUT2D eigenvalue weighted by molar-refractivity contribution is 6.30. The van der Waals surface area contributed by atoms with Gasteiger partial charge >= 0.3 is 11.9 Å². The Balaban J connectivity index is 1.42. The van der Waals surface area contributed by atoms with Crippen molar-refractivity contribution in [2.75, 3.05) is 18.5 Å². The number of nitrogens with zero attached hydrogens (tertiary/aromatic N) is 1. The van der Waals surface area contributed by atoms with Gasteiger partial charge in [-0.2, -0.15) is 0 Å². The van der Waals surface area contributed by atoms with E-state index in [4.69, 9.17) is 21.1 Å². The first-order chi connectivity index (χ1) is 17.8. The van der Waals surface area contributed by atoms with Gasteiger partial charge < -0.3 is 14.8 Å². The summed E-state index contributed by atoms with van der Waals surface area (Å²) >= 11 is 6.00. The van der Waals surface area contributed by atoms with Crippen molar-refractivity contribution in [1.29, 1.82) is 0 Å². The van der Waals surface area contributed by atoms with E-state index in [9.17, 15) is 14.4 Å². The zero-order valence-corrected chi connectivity index (χ0v) is 21.1. The number of carbonyl (C=O) groups is 3. The molecular formula is C29H25ClN2O5. The average Bonchev–Trinajstić information content (AvgIpc) is 2.90. The predicted molar refractivity (Wildman–Crippen MR) is 143 cm³/mol. The Bertz CT molecular complexity index is 1430. The number of halogens is 1. The number of para-hydroxylation sites is 1. The third kappa shape index (κ3) is 6.71. The number of nitrogens with one attached hydrogen (secondary N) is 1. The van der Waals surface area contributed by atoms with Gasteiger partial charge in [-0.3, -0.25) is 4.79 Å². The SMILES string of the molecule is CC(C)COC(=O)c1ccc(NC(=O)COC(=O)c2cc(-c3ccc(Cl)cc3)nc3ccccc23)cc1. The van der Waals surface area contributed by atoms with Crippen LogP contribution in [0.25, 0.3) is 22.2 Å². The molecule has 1 aromatic heterocycles. The van der Waals surface area contributed by atoms with E-state index in [1.165, 1.54) is 0 Å². The number of fused-ring (bicyclic) bond motifs is 1. The van der Waals surface area contributed by atoms with E-state index in [0.717, 1.165) is 5.56 Å². The van der Waals surface area contributed by atoms with Crippen LogP contribution in [0.1, 0.15) is 34.6 Å². The molecule has 0 unspecified atom stereocenters. The van der Waals surface area contributed by atoms with Gasteiger partial charge in [-0.15, -0.1) is 0 Å². The van der Waals surface area contributed by atoms with Gasteiger partial charge in [-0.05, 0) is 54.4 Å². The lowest BCUT2D eigenvalue weighted by atomic mass is 10.0. The van der Waals surface area contributed by atoms with E-state index in [0.29, 0.717) is 45.0 Å². The number of carbonyl (C=O) groups excluding carboxylic acids is 3. The first-order valence-corrected chi connectivity index (χ1v) is 12.1. The molecule has 188 valence electrons. The second-order valence-corrected chi connectivity index (χ2v) is 9.21. The Morgan fingerprint density at radius 3 is 2.30 bits per heavy atom. The molecule has 0 aliphatic carbocycles. The van der Waals surface area contributed by atoms with E-state index in [1.54, 1.807) is 60.7 Å². The number of hydrogen-bond acceptors (Lipinski definition) is 6. The molecule has 1 heterocycles. The minimum atomic E-state index is -0.646. The summed E-state index contributed by atoms with van der Waals surface area (Å²) in [4.78, 5) is 42.1. The highest BCUT2D eigenvalue weighted by Gasteiger charge is 2.17. The van der Waals surface area contributed by atoms with Crippen LogP contribution >= 0.6 is 11.6 Å². The molecule has 7 nitrogen and oxygen atoms in total. The van der Waals surface area contributed by atoms with Crippen LogP contribution in [-0.2, 0) is 14.3 Å². The number of hydrogen-bond donors (Lipinski definition) is 1. The second-order valence-electron chi connectivity index (χ2n) is 8.77. The van der Waals surface area contributed by atoms with Gasteiger partial charge in [0.15, 0.2) is 6.61 Å². The van der Waals surface area contributed by atoms with Gasteiger partial charge in [-0.1, -0.05) is 55.8 Å². The van der Waals surface area contributed by atoms with Crippen molar-refractivity contribution >= 4 is 46.0 Å². The molecule has 0 aliphatic heterocycles. The van der Waals surface area contributed by atoms with Crippen molar-refractivity contribution in [2.24, 2.45) is 5.92 Å². The van der Waals surface area contributed by atoms with E-state index in [1.807, 2.05) is 32.0 Å². The molecule has 0 radical (unpaired) electrons. The van der Waals surface area contributed by atoms with Crippen molar-refractivity contribution in [3.8, 4) is 11.3 Å². The molecular weight excluding hydrogens is 492 g/mol. The Hall–Kier alpha value is -4.23. The molecule has 0 bridgehead atoms. The number of esters is 2. The summed E-state index contributed by atoms with van der Waals surface area (Å²) < 4.78 is 10.5.